The average molecular weight is 247 g/mol. The van der Waals surface area contributed by atoms with Gasteiger partial charge in [-0.3, -0.25) is 0 Å². The second kappa shape index (κ2) is 7.42. The van der Waals surface area contributed by atoms with E-state index >= 15 is 0 Å². The Morgan fingerprint density at radius 2 is 1.89 bits per heavy atom. The molecule has 0 radical (unpaired) electrons. The molecule has 1 fully saturated rings. The van der Waals surface area contributed by atoms with E-state index in [1.165, 1.54) is 38.5 Å². The van der Waals surface area contributed by atoms with Crippen molar-refractivity contribution < 1.29 is 4.74 Å². The molecule has 0 bridgehead atoms. The molecule has 100 valence electrons. The zero-order valence-electron chi connectivity index (χ0n) is 11.4. The highest BCUT2D eigenvalue weighted by molar-refractivity contribution is 5.20. The third kappa shape index (κ3) is 4.34. The molecular weight excluding hydrogens is 222 g/mol. The summed E-state index contributed by atoms with van der Waals surface area (Å²) in [4.78, 5) is 0. The fraction of sp³-hybridized carbons (Fsp3) is 0.625. The van der Waals surface area contributed by atoms with Crippen LogP contribution in [0.4, 0.5) is 0 Å². The van der Waals surface area contributed by atoms with Gasteiger partial charge in [0.1, 0.15) is 12.4 Å². The summed E-state index contributed by atoms with van der Waals surface area (Å²) in [6.45, 7) is 0.775. The zero-order chi connectivity index (χ0) is 12.6. The van der Waals surface area contributed by atoms with Crippen LogP contribution in [0.15, 0.2) is 30.3 Å². The SMILES string of the molecule is CNC(COc1ccccc1)CC1CCCCC1. The number of ether oxygens (including phenoxy) is 1. The van der Waals surface area contributed by atoms with Crippen LogP contribution in [-0.4, -0.2) is 19.7 Å². The van der Waals surface area contributed by atoms with Gasteiger partial charge in [0.25, 0.3) is 0 Å². The highest BCUT2D eigenvalue weighted by atomic mass is 16.5. The van der Waals surface area contributed by atoms with Crippen LogP contribution in [0.25, 0.3) is 0 Å². The molecule has 0 spiro atoms. The number of para-hydroxylation sites is 1. The monoisotopic (exact) mass is 247 g/mol. The first kappa shape index (κ1) is 13.4. The van der Waals surface area contributed by atoms with Crippen LogP contribution < -0.4 is 10.1 Å². The maximum Gasteiger partial charge on any atom is 0.119 e. The minimum atomic E-state index is 0.480. The highest BCUT2D eigenvalue weighted by Gasteiger charge is 2.18. The summed E-state index contributed by atoms with van der Waals surface area (Å²) in [5.74, 6) is 1.87. The normalized spacial score (nSPS) is 18.5. The third-order valence-electron chi connectivity index (χ3n) is 3.95. The predicted octanol–water partition coefficient (Wildman–Crippen LogP) is 3.62. The average Bonchev–Trinajstić information content (AvgIpc) is 2.45. The lowest BCUT2D eigenvalue weighted by Gasteiger charge is -2.26. The Kier molecular flexibility index (Phi) is 5.53. The Morgan fingerprint density at radius 3 is 2.56 bits per heavy atom. The van der Waals surface area contributed by atoms with E-state index in [4.69, 9.17) is 4.74 Å². The quantitative estimate of drug-likeness (QED) is 0.829. The molecule has 2 heteroatoms. The largest absolute Gasteiger partial charge is 0.492 e. The lowest BCUT2D eigenvalue weighted by atomic mass is 9.85. The summed E-state index contributed by atoms with van der Waals surface area (Å²) in [7, 11) is 2.04. The fourth-order valence-electron chi connectivity index (χ4n) is 2.81. The Labute approximate surface area is 111 Å². The van der Waals surface area contributed by atoms with Gasteiger partial charge in [-0.25, -0.2) is 0 Å². The number of hydrogen-bond acceptors (Lipinski definition) is 2. The van der Waals surface area contributed by atoms with Crippen LogP contribution in [0.5, 0.6) is 5.75 Å². The third-order valence-corrected chi connectivity index (χ3v) is 3.95. The number of rotatable bonds is 6. The lowest BCUT2D eigenvalue weighted by molar-refractivity contribution is 0.226. The van der Waals surface area contributed by atoms with Gasteiger partial charge in [-0.05, 0) is 31.5 Å². The van der Waals surface area contributed by atoms with Gasteiger partial charge in [-0.15, -0.1) is 0 Å². The van der Waals surface area contributed by atoms with Gasteiger partial charge in [0.15, 0.2) is 0 Å². The van der Waals surface area contributed by atoms with E-state index in [1.54, 1.807) is 0 Å². The fourth-order valence-corrected chi connectivity index (χ4v) is 2.81. The molecule has 0 saturated heterocycles. The van der Waals surface area contributed by atoms with Gasteiger partial charge in [0.05, 0.1) is 0 Å². The van der Waals surface area contributed by atoms with Gasteiger partial charge in [0.2, 0.25) is 0 Å². The number of nitrogens with one attached hydrogen (secondary N) is 1. The van der Waals surface area contributed by atoms with Crippen molar-refractivity contribution >= 4 is 0 Å². The second-order valence-corrected chi connectivity index (χ2v) is 5.35. The van der Waals surface area contributed by atoms with Gasteiger partial charge < -0.3 is 10.1 Å². The molecule has 2 nitrogen and oxygen atoms in total. The van der Waals surface area contributed by atoms with Crippen LogP contribution in [0.1, 0.15) is 38.5 Å². The highest BCUT2D eigenvalue weighted by Crippen LogP contribution is 2.27. The van der Waals surface area contributed by atoms with Gasteiger partial charge in [-0.2, -0.15) is 0 Å². The molecule has 0 amide bonds. The van der Waals surface area contributed by atoms with E-state index in [2.05, 4.69) is 5.32 Å². The summed E-state index contributed by atoms with van der Waals surface area (Å²) in [6.07, 6.45) is 8.33. The molecule has 1 aliphatic carbocycles. The summed E-state index contributed by atoms with van der Waals surface area (Å²) in [5.41, 5.74) is 0. The van der Waals surface area contributed by atoms with Crippen LogP contribution in [0.3, 0.4) is 0 Å². The minimum Gasteiger partial charge on any atom is -0.492 e. The van der Waals surface area contributed by atoms with Crippen molar-refractivity contribution in [2.75, 3.05) is 13.7 Å². The molecule has 0 heterocycles. The molecule has 1 N–H and O–H groups in total. The van der Waals surface area contributed by atoms with Crippen LogP contribution in [0.2, 0.25) is 0 Å². The Bertz CT molecular complexity index is 319. The van der Waals surface area contributed by atoms with Gasteiger partial charge in [0, 0.05) is 6.04 Å². The molecule has 0 aromatic heterocycles. The smallest absolute Gasteiger partial charge is 0.119 e. The second-order valence-electron chi connectivity index (χ2n) is 5.35. The Hall–Kier alpha value is -1.02. The van der Waals surface area contributed by atoms with Crippen molar-refractivity contribution in [1.82, 2.24) is 5.32 Å². The number of hydrogen-bond donors (Lipinski definition) is 1. The standard InChI is InChI=1S/C16H25NO/c1-17-15(12-14-8-4-2-5-9-14)13-18-16-10-6-3-7-11-16/h3,6-7,10-11,14-15,17H,2,4-5,8-9,12-13H2,1H3. The molecule has 1 aromatic rings. The molecule has 2 rings (SSSR count). The number of likely N-dealkylation sites (N-methyl/N-ethyl adjacent to an activating group) is 1. The molecule has 1 unspecified atom stereocenters. The van der Waals surface area contributed by atoms with Crippen molar-refractivity contribution in [2.24, 2.45) is 5.92 Å². The molecule has 1 atom stereocenters. The van der Waals surface area contributed by atoms with E-state index < -0.39 is 0 Å². The predicted molar refractivity (Wildman–Crippen MR) is 76.0 cm³/mol. The van der Waals surface area contributed by atoms with Crippen molar-refractivity contribution in [3.05, 3.63) is 30.3 Å². The minimum absolute atomic E-state index is 0.480. The van der Waals surface area contributed by atoms with E-state index in [0.717, 1.165) is 18.3 Å². The molecular formula is C16H25NO. The van der Waals surface area contributed by atoms with Crippen LogP contribution in [-0.2, 0) is 0 Å². The van der Waals surface area contributed by atoms with Crippen LogP contribution in [0, 0.1) is 5.92 Å². The first-order valence-electron chi connectivity index (χ1n) is 7.23. The summed E-state index contributed by atoms with van der Waals surface area (Å²) in [6, 6.07) is 10.6. The molecule has 1 saturated carbocycles. The summed E-state index contributed by atoms with van der Waals surface area (Å²) in [5, 5.41) is 3.39. The van der Waals surface area contributed by atoms with Crippen LogP contribution >= 0.6 is 0 Å². The van der Waals surface area contributed by atoms with Crippen molar-refractivity contribution in [2.45, 2.75) is 44.6 Å². The van der Waals surface area contributed by atoms with E-state index in [1.807, 2.05) is 37.4 Å². The molecule has 1 aromatic carbocycles. The topological polar surface area (TPSA) is 21.3 Å². The molecule has 1 aliphatic rings. The first-order valence-corrected chi connectivity index (χ1v) is 7.23. The van der Waals surface area contributed by atoms with E-state index in [-0.39, 0.29) is 0 Å². The van der Waals surface area contributed by atoms with Gasteiger partial charge in [-0.1, -0.05) is 50.3 Å². The van der Waals surface area contributed by atoms with E-state index in [9.17, 15) is 0 Å². The maximum atomic E-state index is 5.84. The maximum absolute atomic E-state index is 5.84. The van der Waals surface area contributed by atoms with Crippen molar-refractivity contribution in [3.63, 3.8) is 0 Å². The van der Waals surface area contributed by atoms with Gasteiger partial charge >= 0.3 is 0 Å². The Balaban J connectivity index is 1.74. The first-order chi connectivity index (χ1) is 8.88. The lowest BCUT2D eigenvalue weighted by Crippen LogP contribution is -2.34. The number of benzene rings is 1. The molecule has 18 heavy (non-hydrogen) atoms. The zero-order valence-corrected chi connectivity index (χ0v) is 11.4. The van der Waals surface area contributed by atoms with E-state index in [0.29, 0.717) is 6.04 Å². The Morgan fingerprint density at radius 1 is 1.17 bits per heavy atom. The van der Waals surface area contributed by atoms with Crippen molar-refractivity contribution in [3.8, 4) is 5.75 Å². The molecule has 0 aliphatic heterocycles. The summed E-state index contributed by atoms with van der Waals surface area (Å²) >= 11 is 0. The van der Waals surface area contributed by atoms with Crippen molar-refractivity contribution in [1.29, 1.82) is 0 Å². The summed E-state index contributed by atoms with van der Waals surface area (Å²) < 4.78 is 5.84.